The summed E-state index contributed by atoms with van der Waals surface area (Å²) in [5, 5.41) is 13.9. The molecular formula is C21H22N2O4. The predicted molar refractivity (Wildman–Crippen MR) is 104 cm³/mol. The van der Waals surface area contributed by atoms with Crippen molar-refractivity contribution in [3.05, 3.63) is 75.3 Å². The van der Waals surface area contributed by atoms with E-state index in [1.807, 2.05) is 39.0 Å². The van der Waals surface area contributed by atoms with Crippen molar-refractivity contribution in [2.24, 2.45) is 0 Å². The van der Waals surface area contributed by atoms with Gasteiger partial charge in [-0.1, -0.05) is 29.8 Å². The molecule has 0 unspecified atom stereocenters. The Bertz CT molecular complexity index is 918. The molecule has 0 bridgehead atoms. The SMILES string of the molecule is Cc1ccc2c(c1)[C@@H](NC(=O)/C=C/c1cccc([N+](=O)[O-])c1)CC(C)(C)O2. The van der Waals surface area contributed by atoms with Crippen molar-refractivity contribution in [2.75, 3.05) is 0 Å². The third kappa shape index (κ3) is 4.53. The molecule has 0 fully saturated rings. The first-order chi connectivity index (χ1) is 12.7. The van der Waals surface area contributed by atoms with E-state index in [1.165, 1.54) is 18.2 Å². The maximum Gasteiger partial charge on any atom is 0.270 e. The van der Waals surface area contributed by atoms with Gasteiger partial charge in [-0.15, -0.1) is 0 Å². The Balaban J connectivity index is 1.77. The molecule has 2 aromatic rings. The van der Waals surface area contributed by atoms with Crippen molar-refractivity contribution in [3.63, 3.8) is 0 Å². The Kier molecular flexibility index (Phi) is 4.99. The summed E-state index contributed by atoms with van der Waals surface area (Å²) in [5.74, 6) is 0.529. The fourth-order valence-electron chi connectivity index (χ4n) is 3.24. The summed E-state index contributed by atoms with van der Waals surface area (Å²) in [6, 6.07) is 11.9. The molecule has 0 saturated heterocycles. The van der Waals surface area contributed by atoms with Gasteiger partial charge >= 0.3 is 0 Å². The molecule has 1 heterocycles. The van der Waals surface area contributed by atoms with Gasteiger partial charge in [-0.2, -0.15) is 0 Å². The lowest BCUT2D eigenvalue weighted by molar-refractivity contribution is -0.384. The molecule has 1 aliphatic rings. The number of rotatable bonds is 4. The van der Waals surface area contributed by atoms with Crippen molar-refractivity contribution in [1.29, 1.82) is 0 Å². The summed E-state index contributed by atoms with van der Waals surface area (Å²) in [6.07, 6.45) is 3.63. The lowest BCUT2D eigenvalue weighted by atomic mass is 9.89. The number of carbonyl (C=O) groups is 1. The van der Waals surface area contributed by atoms with Crippen LogP contribution in [0.4, 0.5) is 5.69 Å². The summed E-state index contributed by atoms with van der Waals surface area (Å²) in [7, 11) is 0. The fraction of sp³-hybridized carbons (Fsp3) is 0.286. The highest BCUT2D eigenvalue weighted by Crippen LogP contribution is 2.39. The van der Waals surface area contributed by atoms with E-state index in [2.05, 4.69) is 5.32 Å². The molecule has 1 N–H and O–H groups in total. The first-order valence-corrected chi connectivity index (χ1v) is 8.76. The minimum atomic E-state index is -0.458. The quantitative estimate of drug-likeness (QED) is 0.496. The van der Waals surface area contributed by atoms with Gasteiger partial charge in [0.25, 0.3) is 5.69 Å². The number of nitrogens with zero attached hydrogens (tertiary/aromatic N) is 1. The van der Waals surface area contributed by atoms with Gasteiger partial charge in [0, 0.05) is 30.2 Å². The lowest BCUT2D eigenvalue weighted by Gasteiger charge is -2.38. The van der Waals surface area contributed by atoms with Crippen LogP contribution in [0.3, 0.4) is 0 Å². The third-order valence-corrected chi connectivity index (χ3v) is 4.45. The summed E-state index contributed by atoms with van der Waals surface area (Å²) >= 11 is 0. The molecule has 1 atom stereocenters. The number of hydrogen-bond acceptors (Lipinski definition) is 4. The van der Waals surface area contributed by atoms with E-state index >= 15 is 0 Å². The molecule has 0 aromatic heterocycles. The first-order valence-electron chi connectivity index (χ1n) is 8.76. The van der Waals surface area contributed by atoms with Gasteiger partial charge in [0.2, 0.25) is 5.91 Å². The Labute approximate surface area is 158 Å². The lowest BCUT2D eigenvalue weighted by Crippen LogP contribution is -2.41. The van der Waals surface area contributed by atoms with Crippen LogP contribution in [0.2, 0.25) is 0 Å². The van der Waals surface area contributed by atoms with Crippen LogP contribution in [0.5, 0.6) is 5.75 Å². The number of hydrogen-bond donors (Lipinski definition) is 1. The smallest absolute Gasteiger partial charge is 0.270 e. The van der Waals surface area contributed by atoms with E-state index in [0.717, 1.165) is 16.9 Å². The summed E-state index contributed by atoms with van der Waals surface area (Å²) in [6.45, 7) is 5.99. The monoisotopic (exact) mass is 366 g/mol. The minimum absolute atomic E-state index is 0.00635. The van der Waals surface area contributed by atoms with Crippen LogP contribution in [-0.2, 0) is 4.79 Å². The van der Waals surface area contributed by atoms with Gasteiger partial charge < -0.3 is 10.1 Å². The average Bonchev–Trinajstić information content (AvgIpc) is 2.60. The second-order valence-electron chi connectivity index (χ2n) is 7.35. The number of ether oxygens (including phenoxy) is 1. The molecule has 27 heavy (non-hydrogen) atoms. The van der Waals surface area contributed by atoms with Gasteiger partial charge in [0.05, 0.1) is 11.0 Å². The zero-order chi connectivity index (χ0) is 19.6. The molecule has 140 valence electrons. The van der Waals surface area contributed by atoms with E-state index in [9.17, 15) is 14.9 Å². The molecule has 2 aromatic carbocycles. The number of carbonyl (C=O) groups excluding carboxylic acids is 1. The van der Waals surface area contributed by atoms with Crippen LogP contribution in [0, 0.1) is 17.0 Å². The Morgan fingerprint density at radius 1 is 1.30 bits per heavy atom. The van der Waals surface area contributed by atoms with Crippen molar-refractivity contribution >= 4 is 17.7 Å². The van der Waals surface area contributed by atoms with E-state index in [4.69, 9.17) is 4.74 Å². The number of aryl methyl sites for hydroxylation is 1. The van der Waals surface area contributed by atoms with Gasteiger partial charge in [0.1, 0.15) is 11.4 Å². The van der Waals surface area contributed by atoms with Crippen LogP contribution in [0.1, 0.15) is 43.0 Å². The van der Waals surface area contributed by atoms with Crippen molar-refractivity contribution < 1.29 is 14.5 Å². The topological polar surface area (TPSA) is 81.5 Å². The number of nitro groups is 1. The zero-order valence-electron chi connectivity index (χ0n) is 15.6. The highest BCUT2D eigenvalue weighted by Gasteiger charge is 2.34. The van der Waals surface area contributed by atoms with Crippen molar-refractivity contribution in [1.82, 2.24) is 5.32 Å². The Morgan fingerprint density at radius 2 is 2.07 bits per heavy atom. The number of benzene rings is 2. The number of nitrogens with one attached hydrogen (secondary N) is 1. The maximum absolute atomic E-state index is 12.4. The molecule has 0 aliphatic carbocycles. The molecule has 0 spiro atoms. The van der Waals surface area contributed by atoms with E-state index < -0.39 is 4.92 Å². The van der Waals surface area contributed by atoms with Crippen LogP contribution < -0.4 is 10.1 Å². The standard InChI is InChI=1S/C21H22N2O4/c1-14-7-9-19-17(11-14)18(13-21(2,3)27-19)22-20(24)10-8-15-5-4-6-16(12-15)23(25)26/h4-12,18H,13H2,1-3H3,(H,22,24)/b10-8+/t18-/m0/s1. The highest BCUT2D eigenvalue weighted by molar-refractivity contribution is 5.92. The molecule has 0 saturated carbocycles. The normalized spacial score (nSPS) is 17.8. The van der Waals surface area contributed by atoms with Gasteiger partial charge in [0.15, 0.2) is 0 Å². The number of nitro benzene ring substituents is 1. The Hall–Kier alpha value is -3.15. The number of non-ortho nitro benzene ring substituents is 1. The molecule has 1 aliphatic heterocycles. The summed E-state index contributed by atoms with van der Waals surface area (Å²) < 4.78 is 6.02. The van der Waals surface area contributed by atoms with Crippen LogP contribution in [0.25, 0.3) is 6.08 Å². The average molecular weight is 366 g/mol. The number of amides is 1. The molecule has 1 amide bonds. The third-order valence-electron chi connectivity index (χ3n) is 4.45. The Morgan fingerprint density at radius 3 is 2.81 bits per heavy atom. The first kappa shape index (κ1) is 18.6. The predicted octanol–water partition coefficient (Wildman–Crippen LogP) is 4.34. The highest BCUT2D eigenvalue weighted by atomic mass is 16.6. The zero-order valence-corrected chi connectivity index (χ0v) is 15.6. The summed E-state index contributed by atoms with van der Waals surface area (Å²) in [4.78, 5) is 22.8. The fourth-order valence-corrected chi connectivity index (χ4v) is 3.24. The molecule has 3 rings (SSSR count). The van der Waals surface area contributed by atoms with E-state index in [-0.39, 0.29) is 23.2 Å². The number of fused-ring (bicyclic) bond motifs is 1. The minimum Gasteiger partial charge on any atom is -0.487 e. The maximum atomic E-state index is 12.4. The van der Waals surface area contributed by atoms with Gasteiger partial charge in [-0.05, 0) is 38.5 Å². The van der Waals surface area contributed by atoms with E-state index in [1.54, 1.807) is 18.2 Å². The van der Waals surface area contributed by atoms with Gasteiger partial charge in [-0.25, -0.2) is 0 Å². The van der Waals surface area contributed by atoms with Crippen LogP contribution >= 0.6 is 0 Å². The summed E-state index contributed by atoms with van der Waals surface area (Å²) in [5.41, 5.74) is 2.27. The molecule has 6 heteroatoms. The van der Waals surface area contributed by atoms with Gasteiger partial charge in [-0.3, -0.25) is 14.9 Å². The van der Waals surface area contributed by atoms with Crippen LogP contribution in [0.15, 0.2) is 48.5 Å². The largest absolute Gasteiger partial charge is 0.487 e. The van der Waals surface area contributed by atoms with Crippen molar-refractivity contribution in [2.45, 2.75) is 38.8 Å². The second-order valence-corrected chi connectivity index (χ2v) is 7.35. The van der Waals surface area contributed by atoms with Crippen molar-refractivity contribution in [3.8, 4) is 5.75 Å². The second kappa shape index (κ2) is 7.23. The molecule has 6 nitrogen and oxygen atoms in total. The van der Waals surface area contributed by atoms with E-state index in [0.29, 0.717) is 12.0 Å². The van der Waals surface area contributed by atoms with Crippen LogP contribution in [-0.4, -0.2) is 16.4 Å². The molecule has 0 radical (unpaired) electrons. The molecular weight excluding hydrogens is 344 g/mol.